The summed E-state index contributed by atoms with van der Waals surface area (Å²) in [5.41, 5.74) is 1.66. The molecule has 2 aromatic heterocycles. The molecule has 11 heteroatoms. The summed E-state index contributed by atoms with van der Waals surface area (Å²) in [6.07, 6.45) is -0.00562. The highest BCUT2D eigenvalue weighted by atomic mass is 19.1. The molecule has 1 unspecified atom stereocenters. The summed E-state index contributed by atoms with van der Waals surface area (Å²) in [6.45, 7) is 5.06. The Morgan fingerprint density at radius 3 is 2.53 bits per heavy atom. The second kappa shape index (κ2) is 9.79. The lowest BCUT2D eigenvalue weighted by Crippen LogP contribution is -2.48. The van der Waals surface area contributed by atoms with Crippen LogP contribution in [0.4, 0.5) is 10.1 Å². The van der Waals surface area contributed by atoms with Gasteiger partial charge in [0.1, 0.15) is 5.69 Å². The number of amides is 1. The van der Waals surface area contributed by atoms with E-state index >= 15 is 0 Å². The van der Waals surface area contributed by atoms with Crippen LogP contribution in [0.2, 0.25) is 0 Å². The number of hydrogen-bond donors (Lipinski definition) is 5. The van der Waals surface area contributed by atoms with Gasteiger partial charge < -0.3 is 25.2 Å². The summed E-state index contributed by atoms with van der Waals surface area (Å²) in [7, 11) is 0. The Labute approximate surface area is 196 Å². The molecule has 5 N–H and O–H groups in total. The largest absolute Gasteiger partial charge is 0.369 e. The molecule has 2 aliphatic rings. The van der Waals surface area contributed by atoms with E-state index in [9.17, 15) is 14.0 Å². The number of nitrogens with zero attached hydrogens (tertiary/aromatic N) is 3. The molecule has 1 atom stereocenters. The quantitative estimate of drug-likeness (QED) is 0.296. The lowest BCUT2D eigenvalue weighted by Gasteiger charge is -2.37. The van der Waals surface area contributed by atoms with Gasteiger partial charge in [0.25, 0.3) is 11.5 Å². The van der Waals surface area contributed by atoms with Crippen LogP contribution in [0, 0.1) is 5.95 Å². The minimum Gasteiger partial charge on any atom is -0.368 e. The summed E-state index contributed by atoms with van der Waals surface area (Å²) in [6, 6.07) is 7.00. The van der Waals surface area contributed by atoms with Crippen LogP contribution in [0.25, 0.3) is 0 Å². The van der Waals surface area contributed by atoms with E-state index in [1.54, 1.807) is 0 Å². The molecule has 2 aromatic rings. The molecule has 34 heavy (non-hydrogen) atoms. The molecule has 2 saturated heterocycles. The number of anilines is 1. The van der Waals surface area contributed by atoms with Crippen molar-refractivity contribution in [3.63, 3.8) is 0 Å². The number of carbonyl (C=O) groups is 1. The van der Waals surface area contributed by atoms with Crippen LogP contribution in [0.3, 0.4) is 0 Å². The van der Waals surface area contributed by atoms with Crippen LogP contribution < -0.4 is 15.8 Å². The minimum atomic E-state index is -3.40. The zero-order valence-corrected chi connectivity index (χ0v) is 19.0. The van der Waals surface area contributed by atoms with Gasteiger partial charge in [0.15, 0.2) is 0 Å². The third-order valence-corrected chi connectivity index (χ3v) is 6.72. The standard InChI is InChI=1S/C23H30FN5O5/c1-2-14-3-4-17(26-21(14)30)15-7-10-29(13-15)16-8-11-28(12-9-16)19-6-5-18(25-20(19)24)22(31)27-23(32,33)34/h3-6,15-16,32-34H,2,7-13H2,1H3,(H,26,30)(H,27,31). The first-order valence-corrected chi connectivity index (χ1v) is 11.5. The maximum atomic E-state index is 14.6. The van der Waals surface area contributed by atoms with E-state index in [1.807, 2.05) is 24.0 Å². The number of H-pyrrole nitrogens is 1. The number of likely N-dealkylation sites (tertiary alicyclic amines) is 1. The zero-order chi connectivity index (χ0) is 24.5. The van der Waals surface area contributed by atoms with E-state index in [2.05, 4.69) is 14.9 Å². The summed E-state index contributed by atoms with van der Waals surface area (Å²) in [5.74, 6) is -1.66. The minimum absolute atomic E-state index is 0.00528. The van der Waals surface area contributed by atoms with Gasteiger partial charge in [-0.3, -0.25) is 19.8 Å². The number of nitrogens with one attached hydrogen (secondary N) is 2. The maximum absolute atomic E-state index is 14.6. The van der Waals surface area contributed by atoms with E-state index in [0.29, 0.717) is 31.5 Å². The summed E-state index contributed by atoms with van der Waals surface area (Å²) in [5, 5.41) is 28.0. The Balaban J connectivity index is 1.33. The molecule has 1 amide bonds. The SMILES string of the molecule is CCc1ccc(C2CCN(C3CCN(c4ccc(C(=O)NC(O)(O)O)nc4F)CC3)C2)[nH]c1=O. The number of rotatable bonds is 6. The van der Waals surface area contributed by atoms with Crippen molar-refractivity contribution >= 4 is 11.6 Å². The van der Waals surface area contributed by atoms with Crippen LogP contribution in [0.5, 0.6) is 0 Å². The number of aromatic nitrogens is 2. The van der Waals surface area contributed by atoms with Crippen LogP contribution in [-0.2, 0) is 6.42 Å². The fourth-order valence-corrected chi connectivity index (χ4v) is 4.89. The molecule has 0 saturated carbocycles. The van der Waals surface area contributed by atoms with Gasteiger partial charge in [0, 0.05) is 42.9 Å². The smallest absolute Gasteiger partial charge is 0.368 e. The van der Waals surface area contributed by atoms with Crippen LogP contribution in [-0.4, -0.2) is 74.4 Å². The van der Waals surface area contributed by atoms with Crippen LogP contribution in [0.1, 0.15) is 53.8 Å². The molecule has 0 aromatic carbocycles. The van der Waals surface area contributed by atoms with Crippen molar-refractivity contribution in [3.05, 3.63) is 57.5 Å². The highest BCUT2D eigenvalue weighted by molar-refractivity contribution is 5.92. The van der Waals surface area contributed by atoms with E-state index in [1.165, 1.54) is 17.4 Å². The predicted molar refractivity (Wildman–Crippen MR) is 122 cm³/mol. The van der Waals surface area contributed by atoms with Gasteiger partial charge in [0.2, 0.25) is 5.95 Å². The maximum Gasteiger partial charge on any atom is 0.369 e. The molecular weight excluding hydrogens is 445 g/mol. The molecule has 4 rings (SSSR count). The Hall–Kier alpha value is -2.86. The lowest BCUT2D eigenvalue weighted by molar-refractivity contribution is -0.323. The van der Waals surface area contributed by atoms with E-state index in [-0.39, 0.29) is 16.9 Å². The molecule has 0 spiro atoms. The Morgan fingerprint density at radius 1 is 1.18 bits per heavy atom. The molecule has 0 bridgehead atoms. The van der Waals surface area contributed by atoms with Crippen molar-refractivity contribution in [1.82, 2.24) is 20.2 Å². The zero-order valence-electron chi connectivity index (χ0n) is 19.0. The van der Waals surface area contributed by atoms with E-state index < -0.39 is 18.0 Å². The summed E-state index contributed by atoms with van der Waals surface area (Å²) >= 11 is 0. The number of piperidine rings is 1. The first kappa shape index (κ1) is 24.3. The number of pyridine rings is 2. The number of aromatic amines is 1. The van der Waals surface area contributed by atoms with Crippen LogP contribution >= 0.6 is 0 Å². The number of hydrogen-bond acceptors (Lipinski definition) is 8. The molecular formula is C23H30FN5O5. The van der Waals surface area contributed by atoms with Crippen molar-refractivity contribution < 1.29 is 24.5 Å². The van der Waals surface area contributed by atoms with Gasteiger partial charge in [0.05, 0.1) is 5.69 Å². The molecule has 184 valence electrons. The van der Waals surface area contributed by atoms with Crippen molar-refractivity contribution in [2.45, 2.75) is 50.7 Å². The Morgan fingerprint density at radius 2 is 1.91 bits per heavy atom. The fourth-order valence-electron chi connectivity index (χ4n) is 4.89. The van der Waals surface area contributed by atoms with E-state index in [0.717, 1.165) is 43.6 Å². The van der Waals surface area contributed by atoms with Gasteiger partial charge in [-0.15, -0.1) is 0 Å². The third kappa shape index (κ3) is 5.44. The topological polar surface area (TPSA) is 142 Å². The normalized spacial score (nSPS) is 20.0. The molecule has 2 aliphatic heterocycles. The second-order valence-electron chi connectivity index (χ2n) is 8.92. The fraction of sp³-hybridized carbons (Fsp3) is 0.522. The first-order chi connectivity index (χ1) is 16.1. The van der Waals surface area contributed by atoms with Crippen LogP contribution in [0.15, 0.2) is 29.1 Å². The molecule has 4 heterocycles. The van der Waals surface area contributed by atoms with Crippen molar-refractivity contribution in [2.75, 3.05) is 31.1 Å². The van der Waals surface area contributed by atoms with Gasteiger partial charge >= 0.3 is 6.10 Å². The monoisotopic (exact) mass is 475 g/mol. The van der Waals surface area contributed by atoms with Crippen molar-refractivity contribution in [1.29, 1.82) is 0 Å². The molecule has 10 nitrogen and oxygen atoms in total. The Bertz CT molecular complexity index is 1090. The number of halogens is 1. The highest BCUT2D eigenvalue weighted by Gasteiger charge is 2.32. The van der Waals surface area contributed by atoms with Crippen molar-refractivity contribution in [2.24, 2.45) is 0 Å². The Kier molecular flexibility index (Phi) is 6.99. The average Bonchev–Trinajstić information content (AvgIpc) is 3.28. The molecule has 2 fully saturated rings. The van der Waals surface area contributed by atoms with Crippen molar-refractivity contribution in [3.8, 4) is 0 Å². The van der Waals surface area contributed by atoms with Gasteiger partial charge in [-0.2, -0.15) is 4.39 Å². The average molecular weight is 476 g/mol. The predicted octanol–water partition coefficient (Wildman–Crippen LogP) is 0.248. The lowest BCUT2D eigenvalue weighted by atomic mass is 10.0. The van der Waals surface area contributed by atoms with Gasteiger partial charge in [-0.25, -0.2) is 4.98 Å². The first-order valence-electron chi connectivity index (χ1n) is 11.5. The van der Waals surface area contributed by atoms with Gasteiger partial charge in [-0.05, 0) is 50.4 Å². The highest BCUT2D eigenvalue weighted by Crippen LogP contribution is 2.31. The molecule has 0 radical (unpaired) electrons. The number of aryl methyl sites for hydroxylation is 1. The third-order valence-electron chi connectivity index (χ3n) is 6.72. The second-order valence-corrected chi connectivity index (χ2v) is 8.92. The van der Waals surface area contributed by atoms with Gasteiger partial charge in [-0.1, -0.05) is 13.0 Å². The van der Waals surface area contributed by atoms with E-state index in [4.69, 9.17) is 15.3 Å². The summed E-state index contributed by atoms with van der Waals surface area (Å²) < 4.78 is 14.6. The number of aliphatic hydroxyl groups is 3. The summed E-state index contributed by atoms with van der Waals surface area (Å²) in [4.78, 5) is 34.9. The number of carbonyl (C=O) groups excluding carboxylic acids is 1. The molecule has 0 aliphatic carbocycles.